The molecule has 2 unspecified atom stereocenters. The number of methoxy groups -OCH3 is 1. The third-order valence-electron chi connectivity index (χ3n) is 2.84. The minimum Gasteiger partial charge on any atom is -0.380 e. The minimum atomic E-state index is 0.0526. The number of ether oxygens (including phenoxy) is 1. The molecule has 0 spiro atoms. The summed E-state index contributed by atoms with van der Waals surface area (Å²) in [4.78, 5) is 11.7. The molecular formula is C11H21NO2. The topological polar surface area (TPSA) is 38.3 Å². The molecule has 3 nitrogen and oxygen atoms in total. The number of hydrogen-bond donors (Lipinski definition) is 1. The highest BCUT2D eigenvalue weighted by molar-refractivity contribution is 5.84. The Bertz CT molecular complexity index is 182. The predicted molar refractivity (Wildman–Crippen MR) is 56.4 cm³/mol. The molecule has 0 aromatic heterocycles. The van der Waals surface area contributed by atoms with E-state index in [2.05, 4.69) is 12.2 Å². The van der Waals surface area contributed by atoms with Crippen LogP contribution in [0, 0.1) is 0 Å². The second kappa shape index (κ2) is 6.14. The van der Waals surface area contributed by atoms with Crippen LogP contribution >= 0.6 is 0 Å². The Morgan fingerprint density at radius 2 is 2.29 bits per heavy atom. The van der Waals surface area contributed by atoms with Gasteiger partial charge in [-0.3, -0.25) is 4.79 Å². The van der Waals surface area contributed by atoms with Gasteiger partial charge in [-0.15, -0.1) is 0 Å². The van der Waals surface area contributed by atoms with Crippen molar-refractivity contribution in [2.24, 2.45) is 0 Å². The minimum absolute atomic E-state index is 0.0526. The summed E-state index contributed by atoms with van der Waals surface area (Å²) >= 11 is 0. The lowest BCUT2D eigenvalue weighted by atomic mass is 10.0. The van der Waals surface area contributed by atoms with Gasteiger partial charge in [0, 0.05) is 20.1 Å². The van der Waals surface area contributed by atoms with E-state index in [0.717, 1.165) is 32.2 Å². The monoisotopic (exact) mass is 199 g/mol. The maximum atomic E-state index is 11.7. The van der Waals surface area contributed by atoms with Crippen LogP contribution in [-0.2, 0) is 9.53 Å². The van der Waals surface area contributed by atoms with Crippen molar-refractivity contribution in [1.29, 1.82) is 0 Å². The van der Waals surface area contributed by atoms with Crippen LogP contribution in [0.3, 0.4) is 0 Å². The van der Waals surface area contributed by atoms with Crippen LogP contribution < -0.4 is 5.32 Å². The molecule has 1 saturated heterocycles. The summed E-state index contributed by atoms with van der Waals surface area (Å²) in [5, 5.41) is 3.21. The van der Waals surface area contributed by atoms with Crippen molar-refractivity contribution in [2.45, 2.75) is 51.2 Å². The summed E-state index contributed by atoms with van der Waals surface area (Å²) in [6.07, 6.45) is 5.17. The van der Waals surface area contributed by atoms with Crippen molar-refractivity contribution < 1.29 is 9.53 Å². The molecule has 1 aliphatic heterocycles. The van der Waals surface area contributed by atoms with Gasteiger partial charge in [-0.1, -0.05) is 19.8 Å². The molecule has 2 atom stereocenters. The number of ketones is 1. The van der Waals surface area contributed by atoms with Gasteiger partial charge in [0.2, 0.25) is 0 Å². The number of nitrogens with one attached hydrogen (secondary N) is 1. The fraction of sp³-hybridized carbons (Fsp3) is 0.909. The fourth-order valence-corrected chi connectivity index (χ4v) is 1.85. The van der Waals surface area contributed by atoms with Crippen molar-refractivity contribution in [2.75, 3.05) is 13.7 Å². The average molecular weight is 199 g/mol. The number of carbonyl (C=O) groups excluding carboxylic acids is 1. The summed E-state index contributed by atoms with van der Waals surface area (Å²) in [5.41, 5.74) is 0. The molecule has 1 N–H and O–H groups in total. The van der Waals surface area contributed by atoms with E-state index < -0.39 is 0 Å². The van der Waals surface area contributed by atoms with Crippen molar-refractivity contribution >= 4 is 5.78 Å². The molecule has 0 saturated carbocycles. The van der Waals surface area contributed by atoms with E-state index >= 15 is 0 Å². The molecular weight excluding hydrogens is 178 g/mol. The Kier molecular flexibility index (Phi) is 5.12. The Balaban J connectivity index is 2.18. The largest absolute Gasteiger partial charge is 0.380 e. The van der Waals surface area contributed by atoms with Gasteiger partial charge in [-0.05, 0) is 12.8 Å². The molecule has 0 amide bonds. The Morgan fingerprint density at radius 1 is 1.50 bits per heavy atom. The molecule has 0 aromatic rings. The normalized spacial score (nSPS) is 26.7. The average Bonchev–Trinajstić information content (AvgIpc) is 2.66. The van der Waals surface area contributed by atoms with Gasteiger partial charge in [0.15, 0.2) is 0 Å². The Hall–Kier alpha value is -0.410. The van der Waals surface area contributed by atoms with Crippen LogP contribution in [-0.4, -0.2) is 31.6 Å². The van der Waals surface area contributed by atoms with E-state index in [1.54, 1.807) is 7.11 Å². The zero-order valence-electron chi connectivity index (χ0n) is 9.21. The van der Waals surface area contributed by atoms with Gasteiger partial charge in [0.25, 0.3) is 0 Å². The van der Waals surface area contributed by atoms with Crippen LogP contribution in [0.15, 0.2) is 0 Å². The van der Waals surface area contributed by atoms with E-state index in [4.69, 9.17) is 4.74 Å². The fourth-order valence-electron chi connectivity index (χ4n) is 1.85. The van der Waals surface area contributed by atoms with Crippen LogP contribution in [0.1, 0.15) is 39.0 Å². The Labute approximate surface area is 86.2 Å². The lowest BCUT2D eigenvalue weighted by Gasteiger charge is -2.08. The molecule has 3 heteroatoms. The van der Waals surface area contributed by atoms with E-state index in [-0.39, 0.29) is 12.1 Å². The number of rotatable bonds is 6. The predicted octanol–water partition coefficient (Wildman–Crippen LogP) is 1.51. The highest BCUT2D eigenvalue weighted by atomic mass is 16.5. The summed E-state index contributed by atoms with van der Waals surface area (Å²) in [6.45, 7) is 2.97. The zero-order valence-corrected chi connectivity index (χ0v) is 9.21. The molecule has 1 aliphatic rings. The zero-order chi connectivity index (χ0) is 10.4. The van der Waals surface area contributed by atoms with Crippen LogP contribution in [0.2, 0.25) is 0 Å². The van der Waals surface area contributed by atoms with Crippen LogP contribution in [0.5, 0.6) is 0 Å². The first-order chi connectivity index (χ1) is 6.77. The third-order valence-corrected chi connectivity index (χ3v) is 2.84. The summed E-state index contributed by atoms with van der Waals surface area (Å²) in [7, 11) is 1.70. The highest BCUT2D eigenvalue weighted by Crippen LogP contribution is 2.13. The van der Waals surface area contributed by atoms with Gasteiger partial charge in [-0.2, -0.15) is 0 Å². The first kappa shape index (κ1) is 11.7. The van der Waals surface area contributed by atoms with Crippen molar-refractivity contribution in [3.63, 3.8) is 0 Å². The van der Waals surface area contributed by atoms with E-state index in [0.29, 0.717) is 5.78 Å². The SMILES string of the molecule is CCCCCC(=O)C1CC(OC)CN1. The molecule has 1 rings (SSSR count). The second-order valence-corrected chi connectivity index (χ2v) is 3.98. The van der Waals surface area contributed by atoms with Gasteiger partial charge in [0.1, 0.15) is 5.78 Å². The maximum Gasteiger partial charge on any atom is 0.149 e. The standard InChI is InChI=1S/C11H21NO2/c1-3-4-5-6-11(13)10-7-9(14-2)8-12-10/h9-10,12H,3-8H2,1-2H3. The summed E-state index contributed by atoms with van der Waals surface area (Å²) in [6, 6.07) is 0.0526. The number of carbonyl (C=O) groups is 1. The van der Waals surface area contributed by atoms with E-state index in [1.165, 1.54) is 6.42 Å². The van der Waals surface area contributed by atoms with Crippen molar-refractivity contribution in [3.05, 3.63) is 0 Å². The van der Waals surface area contributed by atoms with Gasteiger partial charge in [-0.25, -0.2) is 0 Å². The molecule has 14 heavy (non-hydrogen) atoms. The smallest absolute Gasteiger partial charge is 0.149 e. The second-order valence-electron chi connectivity index (χ2n) is 3.98. The van der Waals surface area contributed by atoms with Gasteiger partial charge < -0.3 is 10.1 Å². The molecule has 0 aliphatic carbocycles. The quantitative estimate of drug-likeness (QED) is 0.659. The lowest BCUT2D eigenvalue weighted by Crippen LogP contribution is -2.30. The summed E-state index contributed by atoms with van der Waals surface area (Å²) in [5.74, 6) is 0.359. The van der Waals surface area contributed by atoms with Crippen LogP contribution in [0.25, 0.3) is 0 Å². The maximum absolute atomic E-state index is 11.7. The molecule has 82 valence electrons. The molecule has 0 bridgehead atoms. The van der Waals surface area contributed by atoms with E-state index in [1.807, 2.05) is 0 Å². The molecule has 0 aromatic carbocycles. The third kappa shape index (κ3) is 3.39. The van der Waals surface area contributed by atoms with Crippen LogP contribution in [0.4, 0.5) is 0 Å². The van der Waals surface area contributed by atoms with E-state index in [9.17, 15) is 4.79 Å². The number of hydrogen-bond acceptors (Lipinski definition) is 3. The first-order valence-corrected chi connectivity index (χ1v) is 5.56. The number of unbranched alkanes of at least 4 members (excludes halogenated alkanes) is 2. The summed E-state index contributed by atoms with van der Waals surface area (Å²) < 4.78 is 5.20. The van der Waals surface area contributed by atoms with Gasteiger partial charge >= 0.3 is 0 Å². The lowest BCUT2D eigenvalue weighted by molar-refractivity contribution is -0.121. The van der Waals surface area contributed by atoms with Gasteiger partial charge in [0.05, 0.1) is 12.1 Å². The Morgan fingerprint density at radius 3 is 2.86 bits per heavy atom. The van der Waals surface area contributed by atoms with Crippen molar-refractivity contribution in [3.8, 4) is 0 Å². The first-order valence-electron chi connectivity index (χ1n) is 5.56. The molecule has 1 fully saturated rings. The number of Topliss-reactive ketones (excluding diaryl/α,β-unsaturated/α-hetero) is 1. The molecule has 1 heterocycles. The van der Waals surface area contributed by atoms with Crippen molar-refractivity contribution in [1.82, 2.24) is 5.32 Å². The molecule has 0 radical (unpaired) electrons. The highest BCUT2D eigenvalue weighted by Gasteiger charge is 2.28.